The maximum absolute atomic E-state index is 11.6. The molecule has 0 saturated carbocycles. The molecule has 0 bridgehead atoms. The van der Waals surface area contributed by atoms with Crippen LogP contribution < -0.4 is 0 Å². The zero-order chi connectivity index (χ0) is 15.5. The maximum atomic E-state index is 11.6. The van der Waals surface area contributed by atoms with Crippen molar-refractivity contribution in [1.82, 2.24) is 9.88 Å². The SMILES string of the molecule is CC(=O)N1CCC[C@H](c2ncc(Cc3ccccc3Cl)s2)C1. The van der Waals surface area contributed by atoms with Crippen LogP contribution in [0.15, 0.2) is 30.5 Å². The summed E-state index contributed by atoms with van der Waals surface area (Å²) in [5, 5.41) is 1.95. The molecule has 5 heteroatoms. The molecule has 3 rings (SSSR count). The average molecular weight is 335 g/mol. The number of hydrogen-bond acceptors (Lipinski definition) is 3. The molecular weight excluding hydrogens is 316 g/mol. The summed E-state index contributed by atoms with van der Waals surface area (Å²) in [6, 6.07) is 7.93. The molecule has 0 radical (unpaired) electrons. The molecule has 2 aromatic rings. The first-order valence-electron chi connectivity index (χ1n) is 7.57. The molecule has 22 heavy (non-hydrogen) atoms. The van der Waals surface area contributed by atoms with Gasteiger partial charge >= 0.3 is 0 Å². The summed E-state index contributed by atoms with van der Waals surface area (Å²) >= 11 is 7.97. The van der Waals surface area contributed by atoms with E-state index in [0.717, 1.165) is 47.9 Å². The zero-order valence-electron chi connectivity index (χ0n) is 12.6. The third kappa shape index (κ3) is 3.50. The Morgan fingerprint density at radius 3 is 3.05 bits per heavy atom. The molecule has 3 nitrogen and oxygen atoms in total. The monoisotopic (exact) mass is 334 g/mol. The Bertz CT molecular complexity index is 670. The van der Waals surface area contributed by atoms with Gasteiger partial charge in [-0.1, -0.05) is 29.8 Å². The van der Waals surface area contributed by atoms with Crippen LogP contribution in [0.4, 0.5) is 0 Å². The summed E-state index contributed by atoms with van der Waals surface area (Å²) in [6.07, 6.45) is 4.95. The number of halogens is 1. The van der Waals surface area contributed by atoms with E-state index in [9.17, 15) is 4.79 Å². The molecule has 0 spiro atoms. The van der Waals surface area contributed by atoms with Gasteiger partial charge in [0.1, 0.15) is 0 Å². The Kier molecular flexibility index (Phi) is 4.79. The lowest BCUT2D eigenvalue weighted by molar-refractivity contribution is -0.130. The van der Waals surface area contributed by atoms with Crippen molar-refractivity contribution >= 4 is 28.8 Å². The lowest BCUT2D eigenvalue weighted by Crippen LogP contribution is -2.37. The Labute approximate surface area is 139 Å². The van der Waals surface area contributed by atoms with E-state index in [0.29, 0.717) is 5.92 Å². The molecule has 1 aromatic carbocycles. The molecule has 1 fully saturated rings. The quantitative estimate of drug-likeness (QED) is 0.846. The molecule has 1 aliphatic heterocycles. The summed E-state index contributed by atoms with van der Waals surface area (Å²) < 4.78 is 0. The highest BCUT2D eigenvalue weighted by Crippen LogP contribution is 2.31. The van der Waals surface area contributed by atoms with Crippen molar-refractivity contribution in [3.63, 3.8) is 0 Å². The second-order valence-corrected chi connectivity index (χ2v) is 7.29. The van der Waals surface area contributed by atoms with Gasteiger partial charge in [-0.05, 0) is 24.5 Å². The van der Waals surface area contributed by atoms with Gasteiger partial charge in [-0.2, -0.15) is 0 Å². The molecule has 0 unspecified atom stereocenters. The van der Waals surface area contributed by atoms with E-state index in [1.165, 1.54) is 4.88 Å². The number of likely N-dealkylation sites (tertiary alicyclic amines) is 1. The highest BCUT2D eigenvalue weighted by Gasteiger charge is 2.25. The molecule has 1 atom stereocenters. The van der Waals surface area contributed by atoms with Crippen molar-refractivity contribution in [2.45, 2.75) is 32.1 Å². The summed E-state index contributed by atoms with van der Waals surface area (Å²) in [5.41, 5.74) is 1.13. The summed E-state index contributed by atoms with van der Waals surface area (Å²) in [4.78, 5) is 19.3. The highest BCUT2D eigenvalue weighted by atomic mass is 35.5. The number of aromatic nitrogens is 1. The number of rotatable bonds is 3. The molecule has 116 valence electrons. The van der Waals surface area contributed by atoms with Gasteiger partial charge in [-0.3, -0.25) is 4.79 Å². The first-order chi connectivity index (χ1) is 10.6. The van der Waals surface area contributed by atoms with Crippen LogP contribution in [0.1, 0.15) is 41.1 Å². The van der Waals surface area contributed by atoms with Gasteiger partial charge in [-0.15, -0.1) is 11.3 Å². The zero-order valence-corrected chi connectivity index (χ0v) is 14.2. The standard InChI is InChI=1S/C17H19ClN2OS/c1-12(21)20-8-4-6-14(11-20)17-19-10-15(22-17)9-13-5-2-3-7-16(13)18/h2-3,5,7,10,14H,4,6,8-9,11H2,1H3/t14-/m0/s1. The third-order valence-electron chi connectivity index (χ3n) is 4.11. The van der Waals surface area contributed by atoms with E-state index in [1.807, 2.05) is 29.3 Å². The fraction of sp³-hybridized carbons (Fsp3) is 0.412. The van der Waals surface area contributed by atoms with Crippen molar-refractivity contribution in [3.05, 3.63) is 50.9 Å². The van der Waals surface area contributed by atoms with Gasteiger partial charge in [0.05, 0.1) is 5.01 Å². The van der Waals surface area contributed by atoms with Crippen molar-refractivity contribution in [2.24, 2.45) is 0 Å². The van der Waals surface area contributed by atoms with Crippen LogP contribution in [0.3, 0.4) is 0 Å². The van der Waals surface area contributed by atoms with Gasteiger partial charge < -0.3 is 4.90 Å². The maximum Gasteiger partial charge on any atom is 0.219 e. The van der Waals surface area contributed by atoms with Gasteiger partial charge in [-0.25, -0.2) is 4.98 Å². The number of nitrogens with zero attached hydrogens (tertiary/aromatic N) is 2. The Morgan fingerprint density at radius 1 is 1.45 bits per heavy atom. The fourth-order valence-electron chi connectivity index (χ4n) is 2.89. The van der Waals surface area contributed by atoms with Crippen LogP contribution in [-0.4, -0.2) is 28.9 Å². The average Bonchev–Trinajstić information content (AvgIpc) is 2.98. The van der Waals surface area contributed by atoms with Crippen molar-refractivity contribution in [2.75, 3.05) is 13.1 Å². The highest BCUT2D eigenvalue weighted by molar-refractivity contribution is 7.11. The fourth-order valence-corrected chi connectivity index (χ4v) is 4.16. The lowest BCUT2D eigenvalue weighted by Gasteiger charge is -2.30. The topological polar surface area (TPSA) is 33.2 Å². The van der Waals surface area contributed by atoms with Crippen LogP contribution in [-0.2, 0) is 11.2 Å². The van der Waals surface area contributed by atoms with Gasteiger partial charge in [0, 0.05) is 48.4 Å². The number of piperidine rings is 1. The van der Waals surface area contributed by atoms with E-state index in [-0.39, 0.29) is 5.91 Å². The lowest BCUT2D eigenvalue weighted by atomic mass is 9.99. The molecular formula is C17H19ClN2OS. The molecule has 0 N–H and O–H groups in total. The van der Waals surface area contributed by atoms with E-state index >= 15 is 0 Å². The summed E-state index contributed by atoms with van der Waals surface area (Å²) in [7, 11) is 0. The second kappa shape index (κ2) is 6.80. The summed E-state index contributed by atoms with van der Waals surface area (Å²) in [5.74, 6) is 0.542. The second-order valence-electron chi connectivity index (χ2n) is 5.74. The number of benzene rings is 1. The van der Waals surface area contributed by atoms with Gasteiger partial charge in [0.15, 0.2) is 0 Å². The smallest absolute Gasteiger partial charge is 0.219 e. The van der Waals surface area contributed by atoms with Gasteiger partial charge in [0.2, 0.25) is 5.91 Å². The van der Waals surface area contributed by atoms with E-state index in [2.05, 4.69) is 11.1 Å². The first kappa shape index (κ1) is 15.5. The Morgan fingerprint density at radius 2 is 2.27 bits per heavy atom. The number of carbonyl (C=O) groups excluding carboxylic acids is 1. The third-order valence-corrected chi connectivity index (χ3v) is 5.64. The van der Waals surface area contributed by atoms with Crippen LogP contribution >= 0.6 is 22.9 Å². The molecule has 0 aliphatic carbocycles. The van der Waals surface area contributed by atoms with Crippen molar-refractivity contribution in [3.8, 4) is 0 Å². The van der Waals surface area contributed by atoms with Crippen LogP contribution in [0, 0.1) is 0 Å². The molecule has 1 aliphatic rings. The van der Waals surface area contributed by atoms with Crippen molar-refractivity contribution < 1.29 is 4.79 Å². The number of thiazole rings is 1. The molecule has 1 saturated heterocycles. The number of hydrogen-bond donors (Lipinski definition) is 0. The van der Waals surface area contributed by atoms with Crippen LogP contribution in [0.25, 0.3) is 0 Å². The number of carbonyl (C=O) groups is 1. The normalized spacial score (nSPS) is 18.5. The predicted octanol–water partition coefficient (Wildman–Crippen LogP) is 4.11. The Balaban J connectivity index is 1.71. The van der Waals surface area contributed by atoms with Gasteiger partial charge in [0.25, 0.3) is 0 Å². The van der Waals surface area contributed by atoms with E-state index in [4.69, 9.17) is 11.6 Å². The Hall–Kier alpha value is -1.39. The first-order valence-corrected chi connectivity index (χ1v) is 8.76. The molecule has 1 aromatic heterocycles. The van der Waals surface area contributed by atoms with Crippen LogP contribution in [0.2, 0.25) is 5.02 Å². The van der Waals surface area contributed by atoms with Crippen LogP contribution in [0.5, 0.6) is 0 Å². The minimum Gasteiger partial charge on any atom is -0.342 e. The minimum atomic E-state index is 0.164. The number of amides is 1. The predicted molar refractivity (Wildman–Crippen MR) is 90.6 cm³/mol. The largest absolute Gasteiger partial charge is 0.342 e. The summed E-state index contributed by atoms with van der Waals surface area (Å²) in [6.45, 7) is 3.32. The van der Waals surface area contributed by atoms with E-state index in [1.54, 1.807) is 18.3 Å². The molecule has 1 amide bonds. The van der Waals surface area contributed by atoms with Crippen molar-refractivity contribution in [1.29, 1.82) is 0 Å². The molecule has 2 heterocycles. The minimum absolute atomic E-state index is 0.164. The van der Waals surface area contributed by atoms with E-state index < -0.39 is 0 Å².